The molecule has 4 atom stereocenters. The fourth-order valence-corrected chi connectivity index (χ4v) is 4.14. The van der Waals surface area contributed by atoms with E-state index in [4.69, 9.17) is 9.47 Å². The number of hydrogen-bond acceptors (Lipinski definition) is 3. The van der Waals surface area contributed by atoms with Gasteiger partial charge in [0.05, 0.1) is 12.1 Å². The fraction of sp³-hybridized carbons (Fsp3) is 0.409. The molecular weight excluding hydrogens is 340 g/mol. The molecule has 4 rings (SSSR count). The van der Waals surface area contributed by atoms with E-state index in [1.54, 1.807) is 0 Å². The maximum absolute atomic E-state index is 12.5. The first kappa shape index (κ1) is 18.0. The molecule has 2 fully saturated rings. The molecule has 0 bridgehead atoms. The van der Waals surface area contributed by atoms with Crippen LogP contribution < -0.4 is 10.6 Å². The molecule has 0 saturated carbocycles. The van der Waals surface area contributed by atoms with Gasteiger partial charge in [-0.3, -0.25) is 0 Å². The highest BCUT2D eigenvalue weighted by atomic mass is 16.7. The van der Waals surface area contributed by atoms with E-state index in [1.807, 2.05) is 12.1 Å². The Balaban J connectivity index is 1.55. The van der Waals surface area contributed by atoms with E-state index >= 15 is 0 Å². The summed E-state index contributed by atoms with van der Waals surface area (Å²) < 4.78 is 11.8. The third-order valence-electron chi connectivity index (χ3n) is 5.35. The van der Waals surface area contributed by atoms with Crippen molar-refractivity contribution in [2.75, 3.05) is 6.79 Å². The molecule has 5 heteroatoms. The minimum absolute atomic E-state index is 0.123. The molecule has 0 aliphatic carbocycles. The van der Waals surface area contributed by atoms with Crippen LogP contribution in [-0.4, -0.2) is 37.1 Å². The number of nitrogens with one attached hydrogen (secondary N) is 2. The van der Waals surface area contributed by atoms with Crippen molar-refractivity contribution in [2.24, 2.45) is 0 Å². The maximum atomic E-state index is 12.5. The quantitative estimate of drug-likeness (QED) is 0.875. The molecule has 0 radical (unpaired) electrons. The van der Waals surface area contributed by atoms with E-state index in [-0.39, 0.29) is 37.1 Å². The van der Waals surface area contributed by atoms with Gasteiger partial charge in [-0.1, -0.05) is 59.7 Å². The van der Waals surface area contributed by atoms with Crippen molar-refractivity contribution < 1.29 is 14.3 Å². The van der Waals surface area contributed by atoms with Gasteiger partial charge in [-0.05, 0) is 37.8 Å². The third-order valence-corrected chi connectivity index (χ3v) is 5.35. The number of ether oxygens (including phenoxy) is 2. The minimum Gasteiger partial charge on any atom is -0.347 e. The molecule has 2 N–H and O–H groups in total. The number of aryl methyl sites for hydroxylation is 2. The summed E-state index contributed by atoms with van der Waals surface area (Å²) in [5.74, 6) is 0. The highest BCUT2D eigenvalue weighted by Gasteiger charge is 2.44. The first-order chi connectivity index (χ1) is 13.1. The van der Waals surface area contributed by atoms with Crippen LogP contribution in [0.2, 0.25) is 0 Å². The average molecular weight is 366 g/mol. The second-order valence-electron chi connectivity index (χ2n) is 7.60. The molecule has 27 heavy (non-hydrogen) atoms. The standard InChI is InChI=1S/C22H26N2O3/c1-14-5-3-7-16(9-14)11-18-20-21(27-13-26-20)19(24-22(25)23-18)12-17-8-4-6-15(2)10-17/h3-10,18-21H,11-13H2,1-2H3,(H2,23,24,25)/t18-,19-,20+,21+/m1/s1. The van der Waals surface area contributed by atoms with Gasteiger partial charge in [-0.2, -0.15) is 0 Å². The SMILES string of the molecule is Cc1cccc(C[C@H]2NC(=O)N[C@H](Cc3cccc(C)c3)[C@@H]3OCO[C@H]32)c1. The van der Waals surface area contributed by atoms with Crippen LogP contribution in [-0.2, 0) is 22.3 Å². The average Bonchev–Trinajstić information content (AvgIpc) is 3.06. The number of rotatable bonds is 4. The zero-order chi connectivity index (χ0) is 18.8. The largest absolute Gasteiger partial charge is 0.347 e. The van der Waals surface area contributed by atoms with Gasteiger partial charge in [0.1, 0.15) is 19.0 Å². The predicted octanol–water partition coefficient (Wildman–Crippen LogP) is 2.88. The molecule has 0 spiro atoms. The number of benzene rings is 2. The highest BCUT2D eigenvalue weighted by Crippen LogP contribution is 2.26. The number of carbonyl (C=O) groups excluding carboxylic acids is 1. The lowest BCUT2D eigenvalue weighted by atomic mass is 9.92. The number of carbonyl (C=O) groups is 1. The number of fused-ring (bicyclic) bond motifs is 1. The zero-order valence-corrected chi connectivity index (χ0v) is 15.8. The van der Waals surface area contributed by atoms with E-state index < -0.39 is 0 Å². The number of hydrogen-bond donors (Lipinski definition) is 2. The molecule has 2 amide bonds. The van der Waals surface area contributed by atoms with E-state index in [2.05, 4.69) is 60.9 Å². The van der Waals surface area contributed by atoms with Gasteiger partial charge in [0.25, 0.3) is 0 Å². The molecule has 2 aromatic rings. The van der Waals surface area contributed by atoms with Gasteiger partial charge >= 0.3 is 6.03 Å². The molecular formula is C22H26N2O3. The Morgan fingerprint density at radius 3 is 1.78 bits per heavy atom. The lowest BCUT2D eigenvalue weighted by Crippen LogP contribution is -2.47. The van der Waals surface area contributed by atoms with Crippen molar-refractivity contribution in [3.63, 3.8) is 0 Å². The van der Waals surface area contributed by atoms with Gasteiger partial charge in [0.2, 0.25) is 0 Å². The summed E-state index contributed by atoms with van der Waals surface area (Å²) in [6.45, 7) is 4.42. The molecule has 2 aromatic carbocycles. The summed E-state index contributed by atoms with van der Waals surface area (Å²) in [7, 11) is 0. The first-order valence-corrected chi connectivity index (χ1v) is 9.50. The van der Waals surface area contributed by atoms with E-state index in [9.17, 15) is 4.79 Å². The summed E-state index contributed by atoms with van der Waals surface area (Å²) in [6, 6.07) is 16.3. The first-order valence-electron chi connectivity index (χ1n) is 9.50. The minimum atomic E-state index is -0.167. The van der Waals surface area contributed by atoms with Crippen LogP contribution in [0, 0.1) is 13.8 Å². The summed E-state index contributed by atoms with van der Waals surface area (Å²) in [6.07, 6.45) is 1.10. The van der Waals surface area contributed by atoms with Gasteiger partial charge in [-0.15, -0.1) is 0 Å². The molecule has 2 aliphatic heterocycles. The van der Waals surface area contributed by atoms with Crippen molar-refractivity contribution in [1.29, 1.82) is 0 Å². The van der Waals surface area contributed by atoms with Crippen molar-refractivity contribution in [3.8, 4) is 0 Å². The van der Waals surface area contributed by atoms with Crippen LogP contribution in [0.3, 0.4) is 0 Å². The van der Waals surface area contributed by atoms with Gasteiger partial charge in [0, 0.05) is 0 Å². The summed E-state index contributed by atoms with van der Waals surface area (Å²) in [5, 5.41) is 6.18. The Labute approximate surface area is 160 Å². The Kier molecular flexibility index (Phi) is 5.14. The van der Waals surface area contributed by atoms with Gasteiger partial charge < -0.3 is 20.1 Å². The summed E-state index contributed by atoms with van der Waals surface area (Å²) in [5.41, 5.74) is 4.80. The van der Waals surface area contributed by atoms with Crippen LogP contribution in [0.1, 0.15) is 22.3 Å². The van der Waals surface area contributed by atoms with Crippen molar-refractivity contribution in [3.05, 3.63) is 70.8 Å². The van der Waals surface area contributed by atoms with Gasteiger partial charge in [0.15, 0.2) is 0 Å². The van der Waals surface area contributed by atoms with Gasteiger partial charge in [-0.25, -0.2) is 4.79 Å². The summed E-state index contributed by atoms with van der Waals surface area (Å²) >= 11 is 0. The molecule has 2 saturated heterocycles. The van der Waals surface area contributed by atoms with Crippen molar-refractivity contribution in [2.45, 2.75) is 51.0 Å². The molecule has 2 heterocycles. The second kappa shape index (κ2) is 7.71. The number of urea groups is 1. The Hall–Kier alpha value is -2.37. The Morgan fingerprint density at radius 2 is 1.33 bits per heavy atom. The number of amides is 2. The Bertz CT molecular complexity index is 757. The lowest BCUT2D eigenvalue weighted by molar-refractivity contribution is 0.0275. The van der Waals surface area contributed by atoms with Crippen molar-refractivity contribution in [1.82, 2.24) is 10.6 Å². The lowest BCUT2D eigenvalue weighted by Gasteiger charge is -2.26. The normalized spacial score (nSPS) is 27.4. The molecule has 2 aliphatic rings. The molecule has 142 valence electrons. The van der Waals surface area contributed by atoms with E-state index in [0.29, 0.717) is 0 Å². The van der Waals surface area contributed by atoms with E-state index in [0.717, 1.165) is 12.8 Å². The van der Waals surface area contributed by atoms with Crippen molar-refractivity contribution >= 4 is 6.03 Å². The topological polar surface area (TPSA) is 59.6 Å². The Morgan fingerprint density at radius 1 is 0.852 bits per heavy atom. The zero-order valence-electron chi connectivity index (χ0n) is 15.8. The monoisotopic (exact) mass is 366 g/mol. The molecule has 0 aromatic heterocycles. The molecule has 5 nitrogen and oxygen atoms in total. The second-order valence-corrected chi connectivity index (χ2v) is 7.60. The van der Waals surface area contributed by atoms with Crippen LogP contribution in [0.25, 0.3) is 0 Å². The van der Waals surface area contributed by atoms with Crippen LogP contribution in [0.15, 0.2) is 48.5 Å². The smallest absolute Gasteiger partial charge is 0.315 e. The maximum Gasteiger partial charge on any atom is 0.315 e. The predicted molar refractivity (Wildman–Crippen MR) is 104 cm³/mol. The third kappa shape index (κ3) is 4.15. The van der Waals surface area contributed by atoms with Crippen LogP contribution >= 0.6 is 0 Å². The van der Waals surface area contributed by atoms with Crippen LogP contribution in [0.5, 0.6) is 0 Å². The van der Waals surface area contributed by atoms with E-state index in [1.165, 1.54) is 22.3 Å². The highest BCUT2D eigenvalue weighted by molar-refractivity contribution is 5.75. The van der Waals surface area contributed by atoms with Crippen LogP contribution in [0.4, 0.5) is 4.79 Å². The summed E-state index contributed by atoms with van der Waals surface area (Å²) in [4.78, 5) is 12.5. The fourth-order valence-electron chi connectivity index (χ4n) is 4.14. The molecule has 0 unspecified atom stereocenters.